The van der Waals surface area contributed by atoms with Gasteiger partial charge < -0.3 is 14.6 Å². The second-order valence-corrected chi connectivity index (χ2v) is 7.23. The van der Waals surface area contributed by atoms with Gasteiger partial charge in [-0.25, -0.2) is 0 Å². The van der Waals surface area contributed by atoms with Crippen molar-refractivity contribution in [3.8, 4) is 5.75 Å². The van der Waals surface area contributed by atoms with Crippen molar-refractivity contribution >= 4 is 56.1 Å². The Kier molecular flexibility index (Phi) is 5.82. The third kappa shape index (κ3) is 4.45. The molecule has 0 bridgehead atoms. The predicted molar refractivity (Wildman–Crippen MR) is 101 cm³/mol. The number of hydrogen-bond donors (Lipinski definition) is 1. The number of nitrogens with zero attached hydrogens (tertiary/aromatic N) is 2. The molecular formula is C16H13BrClN3O3S. The summed E-state index contributed by atoms with van der Waals surface area (Å²) in [5, 5.41) is 7.62. The second kappa shape index (κ2) is 8.07. The lowest BCUT2D eigenvalue weighted by Crippen LogP contribution is -2.35. The largest absolute Gasteiger partial charge is 0.470 e. The van der Waals surface area contributed by atoms with Crippen LogP contribution in [0.5, 0.6) is 5.75 Å². The number of ether oxygens (including phenoxy) is 1. The van der Waals surface area contributed by atoms with Gasteiger partial charge in [-0.3, -0.25) is 9.78 Å². The van der Waals surface area contributed by atoms with Gasteiger partial charge >= 0.3 is 0 Å². The first kappa shape index (κ1) is 18.0. The highest BCUT2D eigenvalue weighted by molar-refractivity contribution is 9.10. The summed E-state index contributed by atoms with van der Waals surface area (Å²) >= 11 is 10.9. The Morgan fingerprint density at radius 2 is 2.32 bits per heavy atom. The first-order chi connectivity index (χ1) is 12.1. The van der Waals surface area contributed by atoms with Crippen molar-refractivity contribution in [1.82, 2.24) is 15.5 Å². The van der Waals surface area contributed by atoms with E-state index in [1.165, 1.54) is 18.0 Å². The van der Waals surface area contributed by atoms with Crippen molar-refractivity contribution in [1.29, 1.82) is 0 Å². The molecule has 2 heterocycles. The van der Waals surface area contributed by atoms with Crippen molar-refractivity contribution in [2.75, 3.05) is 6.26 Å². The number of aromatic nitrogens is 2. The third-order valence-electron chi connectivity index (χ3n) is 3.28. The topological polar surface area (TPSA) is 77.2 Å². The van der Waals surface area contributed by atoms with E-state index in [1.54, 1.807) is 30.7 Å². The Bertz CT molecular complexity index is 892. The van der Waals surface area contributed by atoms with Gasteiger partial charge in [0.05, 0.1) is 23.3 Å². The number of hydrogen-bond acceptors (Lipinski definition) is 6. The molecular weight excluding hydrogens is 430 g/mol. The van der Waals surface area contributed by atoms with Gasteiger partial charge in [-0.1, -0.05) is 16.8 Å². The van der Waals surface area contributed by atoms with Crippen LogP contribution in [0.2, 0.25) is 5.02 Å². The molecule has 9 heteroatoms. The minimum Gasteiger partial charge on any atom is -0.470 e. The molecule has 1 N–H and O–H groups in total. The number of amides is 1. The number of nitrogens with one attached hydrogen (secondary N) is 1. The van der Waals surface area contributed by atoms with E-state index in [9.17, 15) is 4.79 Å². The Balaban J connectivity index is 1.74. The molecule has 1 unspecified atom stereocenters. The lowest BCUT2D eigenvalue weighted by atomic mass is 10.2. The lowest BCUT2D eigenvalue weighted by Gasteiger charge is -2.17. The average molecular weight is 443 g/mol. The lowest BCUT2D eigenvalue weighted by molar-refractivity contribution is -0.124. The van der Waals surface area contributed by atoms with Gasteiger partial charge in [-0.15, -0.1) is 11.8 Å². The van der Waals surface area contributed by atoms with Crippen LogP contribution in [0.1, 0.15) is 5.76 Å². The Morgan fingerprint density at radius 1 is 1.48 bits per heavy atom. The van der Waals surface area contributed by atoms with Crippen LogP contribution in [0.3, 0.4) is 0 Å². The number of fused-ring (bicyclic) bond motifs is 1. The van der Waals surface area contributed by atoms with Gasteiger partial charge in [0.2, 0.25) is 5.44 Å². The number of carbonyl (C=O) groups is 1. The van der Waals surface area contributed by atoms with Crippen molar-refractivity contribution < 1.29 is 14.1 Å². The zero-order valence-corrected chi connectivity index (χ0v) is 16.2. The standard InChI is InChI=1S/C16H13BrClN3O3S/c1-25-16(15(22)20-8-11-2-3-21-24-11)23-12-5-9-4-10(17)7-19-14(9)13(18)6-12/h2-7,16H,8H2,1H3,(H,20,22). The third-order valence-corrected chi connectivity index (χ3v) is 4.74. The van der Waals surface area contributed by atoms with Crippen LogP contribution >= 0.6 is 39.3 Å². The molecule has 0 fully saturated rings. The van der Waals surface area contributed by atoms with E-state index in [4.69, 9.17) is 20.9 Å². The van der Waals surface area contributed by atoms with Gasteiger partial charge in [0.1, 0.15) is 5.75 Å². The van der Waals surface area contributed by atoms with Crippen LogP contribution in [0.4, 0.5) is 0 Å². The SMILES string of the molecule is CSC(Oc1cc(Cl)c2ncc(Br)cc2c1)C(=O)NCc1ccno1. The van der Waals surface area contributed by atoms with E-state index >= 15 is 0 Å². The summed E-state index contributed by atoms with van der Waals surface area (Å²) < 4.78 is 11.6. The average Bonchev–Trinajstić information content (AvgIpc) is 3.10. The van der Waals surface area contributed by atoms with Gasteiger partial charge in [-0.2, -0.15) is 0 Å². The zero-order valence-electron chi connectivity index (χ0n) is 13.0. The summed E-state index contributed by atoms with van der Waals surface area (Å²) in [6, 6.07) is 7.02. The molecule has 1 aromatic carbocycles. The quantitative estimate of drug-likeness (QED) is 0.581. The number of thioether (sulfide) groups is 1. The summed E-state index contributed by atoms with van der Waals surface area (Å²) in [7, 11) is 0. The van der Waals surface area contributed by atoms with Gasteiger partial charge in [0.25, 0.3) is 5.91 Å². The Labute approximate surface area is 161 Å². The maximum absolute atomic E-state index is 12.3. The van der Waals surface area contributed by atoms with E-state index in [0.29, 0.717) is 22.0 Å². The number of halogens is 2. The highest BCUT2D eigenvalue weighted by Gasteiger charge is 2.20. The summed E-state index contributed by atoms with van der Waals surface area (Å²) in [6.07, 6.45) is 4.99. The molecule has 0 spiro atoms. The molecule has 130 valence electrons. The van der Waals surface area contributed by atoms with E-state index in [-0.39, 0.29) is 12.5 Å². The van der Waals surface area contributed by atoms with E-state index in [2.05, 4.69) is 31.4 Å². The molecule has 3 aromatic rings. The van der Waals surface area contributed by atoms with Crippen LogP contribution in [0, 0.1) is 0 Å². The van der Waals surface area contributed by atoms with Crippen LogP contribution in [0.25, 0.3) is 10.9 Å². The minimum atomic E-state index is -0.725. The molecule has 1 amide bonds. The van der Waals surface area contributed by atoms with Crippen molar-refractivity contribution in [3.05, 3.63) is 51.9 Å². The molecule has 25 heavy (non-hydrogen) atoms. The van der Waals surface area contributed by atoms with E-state index in [0.717, 1.165) is 9.86 Å². The van der Waals surface area contributed by atoms with Crippen LogP contribution in [0.15, 0.2) is 45.7 Å². The summed E-state index contributed by atoms with van der Waals surface area (Å²) in [5.41, 5.74) is -0.0516. The fourth-order valence-electron chi connectivity index (χ4n) is 2.14. The maximum atomic E-state index is 12.3. The molecule has 0 aliphatic heterocycles. The first-order valence-corrected chi connectivity index (χ1v) is 9.64. The van der Waals surface area contributed by atoms with Gasteiger partial charge in [-0.05, 0) is 34.3 Å². The van der Waals surface area contributed by atoms with E-state index in [1.807, 2.05) is 6.07 Å². The van der Waals surface area contributed by atoms with Gasteiger partial charge in [0, 0.05) is 28.2 Å². The maximum Gasteiger partial charge on any atom is 0.272 e. The number of benzene rings is 1. The molecule has 6 nitrogen and oxygen atoms in total. The summed E-state index contributed by atoms with van der Waals surface area (Å²) in [4.78, 5) is 16.6. The van der Waals surface area contributed by atoms with E-state index < -0.39 is 5.44 Å². The monoisotopic (exact) mass is 441 g/mol. The molecule has 3 rings (SSSR count). The second-order valence-electron chi connectivity index (χ2n) is 5.01. The normalized spacial score (nSPS) is 12.1. The predicted octanol–water partition coefficient (Wildman–Crippen LogP) is 4.02. The smallest absolute Gasteiger partial charge is 0.272 e. The van der Waals surface area contributed by atoms with Crippen molar-refractivity contribution in [2.45, 2.75) is 12.0 Å². The molecule has 2 aromatic heterocycles. The highest BCUT2D eigenvalue weighted by Crippen LogP contribution is 2.30. The molecule has 0 saturated carbocycles. The fraction of sp³-hybridized carbons (Fsp3) is 0.188. The van der Waals surface area contributed by atoms with Gasteiger partial charge in [0.15, 0.2) is 5.76 Å². The fourth-order valence-corrected chi connectivity index (χ4v) is 3.26. The van der Waals surface area contributed by atoms with Crippen LogP contribution in [-0.2, 0) is 11.3 Å². The zero-order chi connectivity index (χ0) is 17.8. The highest BCUT2D eigenvalue weighted by atomic mass is 79.9. The Morgan fingerprint density at radius 3 is 3.04 bits per heavy atom. The number of carbonyl (C=O) groups excluding carboxylic acids is 1. The molecule has 0 saturated heterocycles. The Hall–Kier alpha value is -1.77. The minimum absolute atomic E-state index is 0.245. The van der Waals surface area contributed by atoms with Crippen LogP contribution in [-0.4, -0.2) is 27.7 Å². The van der Waals surface area contributed by atoms with Crippen molar-refractivity contribution in [3.63, 3.8) is 0 Å². The van der Waals surface area contributed by atoms with Crippen molar-refractivity contribution in [2.24, 2.45) is 0 Å². The summed E-state index contributed by atoms with van der Waals surface area (Å²) in [5.74, 6) is 0.789. The summed E-state index contributed by atoms with van der Waals surface area (Å²) in [6.45, 7) is 0.245. The molecule has 0 radical (unpaired) electrons. The molecule has 1 atom stereocenters. The number of rotatable bonds is 6. The molecule has 0 aliphatic carbocycles. The first-order valence-electron chi connectivity index (χ1n) is 7.18. The van der Waals surface area contributed by atoms with Crippen LogP contribution < -0.4 is 10.1 Å². The number of pyridine rings is 1. The molecule has 0 aliphatic rings.